The van der Waals surface area contributed by atoms with Crippen LogP contribution in [0.2, 0.25) is 0 Å². The molecule has 2 fully saturated rings. The molecule has 2 saturated heterocycles. The average molecular weight is 419 g/mol. The predicted molar refractivity (Wildman–Crippen MR) is 114 cm³/mol. The lowest BCUT2D eigenvalue weighted by Gasteiger charge is -2.23. The Morgan fingerprint density at radius 3 is 2.81 bits per heavy atom. The zero-order valence-corrected chi connectivity index (χ0v) is 17.3. The van der Waals surface area contributed by atoms with Gasteiger partial charge in [-0.05, 0) is 37.1 Å². The Hall–Kier alpha value is -3.26. The second kappa shape index (κ2) is 8.11. The number of fused-ring (bicyclic) bond motifs is 1. The summed E-state index contributed by atoms with van der Waals surface area (Å²) in [5, 5.41) is 0. The van der Waals surface area contributed by atoms with Crippen LogP contribution in [-0.2, 0) is 27.5 Å². The molecule has 2 aliphatic heterocycles. The monoisotopic (exact) mass is 419 g/mol. The molecule has 160 valence electrons. The number of para-hydroxylation sites is 2. The molecule has 3 aromatic rings. The van der Waals surface area contributed by atoms with E-state index in [0.717, 1.165) is 23.1 Å². The van der Waals surface area contributed by atoms with Gasteiger partial charge in [0.25, 0.3) is 0 Å². The second-order valence-corrected chi connectivity index (χ2v) is 8.34. The smallest absolute Gasteiger partial charge is 0.248 e. The van der Waals surface area contributed by atoms with Gasteiger partial charge >= 0.3 is 0 Å². The van der Waals surface area contributed by atoms with Gasteiger partial charge in [-0.25, -0.2) is 4.98 Å². The van der Waals surface area contributed by atoms with Crippen LogP contribution < -0.4 is 0 Å². The van der Waals surface area contributed by atoms with Gasteiger partial charge in [0.15, 0.2) is 0 Å². The Kier molecular flexibility index (Phi) is 5.15. The van der Waals surface area contributed by atoms with Gasteiger partial charge in [0.1, 0.15) is 19.0 Å². The summed E-state index contributed by atoms with van der Waals surface area (Å²) in [5.41, 5.74) is 2.26. The van der Waals surface area contributed by atoms with E-state index in [1.54, 1.807) is 11.1 Å². The molecule has 1 spiro atoms. The minimum Gasteiger partial charge on any atom is -0.364 e. The van der Waals surface area contributed by atoms with Crippen molar-refractivity contribution in [3.63, 3.8) is 0 Å². The first-order chi connectivity index (χ1) is 15.1. The number of nitrogens with one attached hydrogen (secondary N) is 1. The van der Waals surface area contributed by atoms with E-state index in [1.807, 2.05) is 47.4 Å². The van der Waals surface area contributed by atoms with Gasteiger partial charge in [0, 0.05) is 25.8 Å². The van der Waals surface area contributed by atoms with Crippen molar-refractivity contribution in [2.24, 2.45) is 5.41 Å². The second-order valence-electron chi connectivity index (χ2n) is 8.34. The molecule has 8 heteroatoms. The van der Waals surface area contributed by atoms with E-state index in [2.05, 4.69) is 15.0 Å². The van der Waals surface area contributed by atoms with Crippen LogP contribution >= 0.6 is 0 Å². The number of benzene rings is 1. The van der Waals surface area contributed by atoms with Gasteiger partial charge in [-0.2, -0.15) is 0 Å². The van der Waals surface area contributed by atoms with Crippen LogP contribution in [0.4, 0.5) is 0 Å². The lowest BCUT2D eigenvalue weighted by atomic mass is 9.85. The number of ether oxygens (including phenoxy) is 1. The van der Waals surface area contributed by atoms with Gasteiger partial charge in [-0.3, -0.25) is 14.6 Å². The number of nitrogens with zero attached hydrogens (tertiary/aromatic N) is 4. The Bertz CT molecular complexity index is 1070. The zero-order valence-electron chi connectivity index (χ0n) is 17.3. The molecule has 4 heterocycles. The Morgan fingerprint density at radius 1 is 1.13 bits per heavy atom. The summed E-state index contributed by atoms with van der Waals surface area (Å²) >= 11 is 0. The summed E-state index contributed by atoms with van der Waals surface area (Å²) in [6, 6.07) is 13.5. The van der Waals surface area contributed by atoms with E-state index >= 15 is 0 Å². The highest BCUT2D eigenvalue weighted by Crippen LogP contribution is 2.41. The summed E-state index contributed by atoms with van der Waals surface area (Å²) in [6.45, 7) is 2.53. The Morgan fingerprint density at radius 2 is 1.97 bits per heavy atom. The molecule has 2 aromatic heterocycles. The molecule has 0 saturated carbocycles. The fourth-order valence-corrected chi connectivity index (χ4v) is 4.60. The van der Waals surface area contributed by atoms with Crippen molar-refractivity contribution in [3.05, 3.63) is 60.2 Å². The number of pyridine rings is 1. The third-order valence-electron chi connectivity index (χ3n) is 6.29. The standard InChI is InChI=1S/C23H25N5O3/c29-21(15-31-14-20-25-18-6-1-2-7-19(18)26-20)28-12-9-23(16-28)8-11-27(22(23)30)13-17-5-3-4-10-24-17/h1-7,10H,8-9,11-16H2,(H,25,26). The molecule has 2 aliphatic rings. The summed E-state index contributed by atoms with van der Waals surface area (Å²) in [6.07, 6.45) is 3.23. The number of hydrogen-bond donors (Lipinski definition) is 1. The highest BCUT2D eigenvalue weighted by molar-refractivity contribution is 5.87. The van der Waals surface area contributed by atoms with Gasteiger partial charge in [-0.15, -0.1) is 0 Å². The highest BCUT2D eigenvalue weighted by Gasteiger charge is 2.51. The lowest BCUT2D eigenvalue weighted by molar-refractivity contribution is -0.138. The van der Waals surface area contributed by atoms with E-state index in [9.17, 15) is 9.59 Å². The first-order valence-electron chi connectivity index (χ1n) is 10.6. The number of aromatic amines is 1. The minimum absolute atomic E-state index is 0.0149. The van der Waals surface area contributed by atoms with Crippen LogP contribution in [0.5, 0.6) is 0 Å². The van der Waals surface area contributed by atoms with Crippen molar-refractivity contribution in [3.8, 4) is 0 Å². The molecular formula is C23H25N5O3. The van der Waals surface area contributed by atoms with Crippen molar-refractivity contribution < 1.29 is 14.3 Å². The number of likely N-dealkylation sites (tertiary alicyclic amines) is 2. The quantitative estimate of drug-likeness (QED) is 0.661. The van der Waals surface area contributed by atoms with Crippen molar-refractivity contribution in [2.75, 3.05) is 26.2 Å². The van der Waals surface area contributed by atoms with Crippen LogP contribution in [0.25, 0.3) is 11.0 Å². The summed E-state index contributed by atoms with van der Waals surface area (Å²) < 4.78 is 5.61. The topological polar surface area (TPSA) is 91.4 Å². The molecule has 1 aromatic carbocycles. The summed E-state index contributed by atoms with van der Waals surface area (Å²) in [7, 11) is 0. The average Bonchev–Trinajstić information content (AvgIpc) is 3.48. The normalized spacial score (nSPS) is 21.0. The predicted octanol–water partition coefficient (Wildman–Crippen LogP) is 2.13. The largest absolute Gasteiger partial charge is 0.364 e. The fourth-order valence-electron chi connectivity index (χ4n) is 4.60. The molecule has 8 nitrogen and oxygen atoms in total. The molecule has 1 atom stereocenters. The fraction of sp³-hybridized carbons (Fsp3) is 0.391. The molecule has 0 bridgehead atoms. The van der Waals surface area contributed by atoms with Crippen LogP contribution in [-0.4, -0.2) is 62.8 Å². The molecule has 0 radical (unpaired) electrons. The molecule has 1 unspecified atom stereocenters. The van der Waals surface area contributed by atoms with Crippen molar-refractivity contribution in [1.29, 1.82) is 0 Å². The maximum atomic E-state index is 13.1. The van der Waals surface area contributed by atoms with Crippen LogP contribution in [0.1, 0.15) is 24.4 Å². The first-order valence-corrected chi connectivity index (χ1v) is 10.6. The van der Waals surface area contributed by atoms with E-state index in [-0.39, 0.29) is 25.0 Å². The number of hydrogen-bond acceptors (Lipinski definition) is 5. The molecule has 0 aliphatic carbocycles. The molecule has 2 amide bonds. The van der Waals surface area contributed by atoms with Crippen LogP contribution in [0.3, 0.4) is 0 Å². The van der Waals surface area contributed by atoms with E-state index in [1.165, 1.54) is 0 Å². The lowest BCUT2D eigenvalue weighted by Crippen LogP contribution is -2.39. The van der Waals surface area contributed by atoms with Crippen molar-refractivity contribution in [2.45, 2.75) is 26.0 Å². The first kappa shape index (κ1) is 19.7. The van der Waals surface area contributed by atoms with Crippen molar-refractivity contribution >= 4 is 22.8 Å². The third-order valence-corrected chi connectivity index (χ3v) is 6.29. The third kappa shape index (κ3) is 3.90. The Balaban J connectivity index is 1.14. The minimum atomic E-state index is -0.455. The van der Waals surface area contributed by atoms with Crippen LogP contribution in [0, 0.1) is 5.41 Å². The van der Waals surface area contributed by atoms with Crippen LogP contribution in [0.15, 0.2) is 48.7 Å². The summed E-state index contributed by atoms with van der Waals surface area (Å²) in [4.78, 5) is 41.4. The van der Waals surface area contributed by atoms with E-state index in [0.29, 0.717) is 38.4 Å². The molecule has 1 N–H and O–H groups in total. The van der Waals surface area contributed by atoms with Gasteiger partial charge in [0.05, 0.1) is 28.7 Å². The molecular weight excluding hydrogens is 394 g/mol. The van der Waals surface area contributed by atoms with Crippen molar-refractivity contribution in [1.82, 2.24) is 24.8 Å². The molecule has 5 rings (SSSR count). The number of carbonyl (C=O) groups excluding carboxylic acids is 2. The van der Waals surface area contributed by atoms with E-state index in [4.69, 9.17) is 4.74 Å². The number of amides is 2. The maximum Gasteiger partial charge on any atom is 0.248 e. The number of carbonyl (C=O) groups is 2. The number of aromatic nitrogens is 3. The summed E-state index contributed by atoms with van der Waals surface area (Å²) in [5.74, 6) is 0.753. The SMILES string of the molecule is O=C(COCc1nc2ccccc2[nH]1)N1CCC2(CCN(Cc3ccccn3)C2=O)C1. The number of imidazole rings is 1. The van der Waals surface area contributed by atoms with Gasteiger partial charge in [0.2, 0.25) is 11.8 Å². The van der Waals surface area contributed by atoms with E-state index < -0.39 is 5.41 Å². The highest BCUT2D eigenvalue weighted by atomic mass is 16.5. The Labute approximate surface area is 180 Å². The number of H-pyrrole nitrogens is 1. The maximum absolute atomic E-state index is 13.1. The van der Waals surface area contributed by atoms with Gasteiger partial charge < -0.3 is 19.5 Å². The number of rotatable bonds is 6. The zero-order chi connectivity index (χ0) is 21.3. The molecule has 31 heavy (non-hydrogen) atoms. The van der Waals surface area contributed by atoms with Gasteiger partial charge in [-0.1, -0.05) is 18.2 Å².